The van der Waals surface area contributed by atoms with Crippen molar-refractivity contribution in [2.24, 2.45) is 5.41 Å². The Kier molecular flexibility index (Phi) is 6.01. The van der Waals surface area contributed by atoms with E-state index in [1.165, 1.54) is 7.11 Å². The maximum atomic E-state index is 12.6. The standard InChI is InChI=1S/C18H24ClN3O4/c1-25-15-3-2-13(12-14(15)19)21-17(24)18(4-5-18)16(23)20-6-7-22-8-10-26-11-9-22/h2-3,12H,4-11H2,1H3,(H,20,23)(H,21,24). The van der Waals surface area contributed by atoms with Crippen molar-refractivity contribution in [1.29, 1.82) is 0 Å². The predicted molar refractivity (Wildman–Crippen MR) is 98.6 cm³/mol. The molecule has 1 aliphatic heterocycles. The molecule has 2 N–H and O–H groups in total. The number of amides is 2. The molecule has 2 amide bonds. The molecule has 2 aliphatic rings. The zero-order chi connectivity index (χ0) is 18.6. The molecule has 26 heavy (non-hydrogen) atoms. The zero-order valence-corrected chi connectivity index (χ0v) is 15.6. The first-order valence-corrected chi connectivity index (χ1v) is 9.16. The number of carbonyl (C=O) groups excluding carboxylic acids is 2. The molecule has 0 bridgehead atoms. The Bertz CT molecular complexity index is 672. The molecule has 1 saturated carbocycles. The van der Waals surface area contributed by atoms with Crippen molar-refractivity contribution in [1.82, 2.24) is 10.2 Å². The molecule has 142 valence electrons. The molecule has 1 aromatic rings. The second kappa shape index (κ2) is 8.24. The fraction of sp³-hybridized carbons (Fsp3) is 0.556. The van der Waals surface area contributed by atoms with Gasteiger partial charge < -0.3 is 20.1 Å². The highest BCUT2D eigenvalue weighted by Crippen LogP contribution is 2.47. The van der Waals surface area contributed by atoms with Crippen LogP contribution in [0.2, 0.25) is 5.02 Å². The molecule has 1 saturated heterocycles. The van der Waals surface area contributed by atoms with Gasteiger partial charge >= 0.3 is 0 Å². The summed E-state index contributed by atoms with van der Waals surface area (Å²) in [4.78, 5) is 27.3. The number of carbonyl (C=O) groups is 2. The number of anilines is 1. The van der Waals surface area contributed by atoms with E-state index in [1.54, 1.807) is 18.2 Å². The van der Waals surface area contributed by atoms with Crippen LogP contribution in [0.5, 0.6) is 5.75 Å². The Hall–Kier alpha value is -1.83. The number of nitrogens with one attached hydrogen (secondary N) is 2. The number of nitrogens with zero attached hydrogens (tertiary/aromatic N) is 1. The number of methoxy groups -OCH3 is 1. The van der Waals surface area contributed by atoms with Crippen LogP contribution in [0.25, 0.3) is 0 Å². The van der Waals surface area contributed by atoms with E-state index in [0.29, 0.717) is 35.8 Å². The van der Waals surface area contributed by atoms with Crippen LogP contribution in [0.1, 0.15) is 12.8 Å². The van der Waals surface area contributed by atoms with Gasteiger partial charge in [-0.3, -0.25) is 14.5 Å². The second-order valence-electron chi connectivity index (χ2n) is 6.60. The Labute approximate surface area is 158 Å². The van der Waals surface area contributed by atoms with Crippen molar-refractivity contribution in [3.8, 4) is 5.75 Å². The number of morpholine rings is 1. The van der Waals surface area contributed by atoms with E-state index in [2.05, 4.69) is 15.5 Å². The van der Waals surface area contributed by atoms with Gasteiger partial charge in [0.25, 0.3) is 0 Å². The lowest BCUT2D eigenvalue weighted by Gasteiger charge is -2.26. The van der Waals surface area contributed by atoms with Crippen molar-refractivity contribution in [3.63, 3.8) is 0 Å². The van der Waals surface area contributed by atoms with E-state index in [-0.39, 0.29) is 11.8 Å². The zero-order valence-electron chi connectivity index (χ0n) is 14.8. The van der Waals surface area contributed by atoms with Gasteiger partial charge in [0.2, 0.25) is 11.8 Å². The molecule has 0 spiro atoms. The Balaban J connectivity index is 1.51. The Morgan fingerprint density at radius 3 is 2.62 bits per heavy atom. The lowest BCUT2D eigenvalue weighted by atomic mass is 10.0. The number of ether oxygens (including phenoxy) is 2. The highest BCUT2D eigenvalue weighted by molar-refractivity contribution is 6.32. The lowest BCUT2D eigenvalue weighted by molar-refractivity contribution is -0.134. The lowest BCUT2D eigenvalue weighted by Crippen LogP contribution is -2.45. The summed E-state index contributed by atoms with van der Waals surface area (Å²) in [6.45, 7) is 4.50. The molecule has 0 radical (unpaired) electrons. The van der Waals surface area contributed by atoms with Gasteiger partial charge in [0.05, 0.1) is 25.3 Å². The fourth-order valence-corrected chi connectivity index (χ4v) is 3.26. The Morgan fingerprint density at radius 2 is 2.00 bits per heavy atom. The van der Waals surface area contributed by atoms with Gasteiger partial charge in [0.15, 0.2) is 0 Å². The molecule has 1 aliphatic carbocycles. The van der Waals surface area contributed by atoms with Gasteiger partial charge in [-0.25, -0.2) is 0 Å². The monoisotopic (exact) mass is 381 g/mol. The first kappa shape index (κ1) is 18.9. The van der Waals surface area contributed by atoms with E-state index in [9.17, 15) is 9.59 Å². The third-order valence-electron chi connectivity index (χ3n) is 4.85. The van der Waals surface area contributed by atoms with Gasteiger partial charge in [-0.15, -0.1) is 0 Å². The molecule has 8 heteroatoms. The van der Waals surface area contributed by atoms with Crippen molar-refractivity contribution in [2.75, 3.05) is 51.8 Å². The van der Waals surface area contributed by atoms with E-state index in [4.69, 9.17) is 21.1 Å². The van der Waals surface area contributed by atoms with Crippen LogP contribution in [0, 0.1) is 5.41 Å². The topological polar surface area (TPSA) is 79.9 Å². The number of benzene rings is 1. The van der Waals surface area contributed by atoms with Crippen molar-refractivity contribution in [2.45, 2.75) is 12.8 Å². The van der Waals surface area contributed by atoms with Crippen LogP contribution in [-0.2, 0) is 14.3 Å². The molecule has 7 nitrogen and oxygen atoms in total. The largest absolute Gasteiger partial charge is 0.495 e. The molecule has 0 aromatic heterocycles. The minimum atomic E-state index is -0.961. The molecular formula is C18H24ClN3O4. The number of hydrogen-bond acceptors (Lipinski definition) is 5. The normalized spacial score (nSPS) is 18.8. The van der Waals surface area contributed by atoms with Gasteiger partial charge in [-0.05, 0) is 31.0 Å². The highest BCUT2D eigenvalue weighted by Gasteiger charge is 2.56. The molecule has 3 rings (SSSR count). The minimum Gasteiger partial charge on any atom is -0.495 e. The van der Waals surface area contributed by atoms with Gasteiger partial charge in [0.1, 0.15) is 11.2 Å². The summed E-state index contributed by atoms with van der Waals surface area (Å²) in [7, 11) is 1.53. The quantitative estimate of drug-likeness (QED) is 0.700. The average Bonchev–Trinajstić information content (AvgIpc) is 3.45. The molecular weight excluding hydrogens is 358 g/mol. The third kappa shape index (κ3) is 4.28. The van der Waals surface area contributed by atoms with Gasteiger partial charge in [0, 0.05) is 31.9 Å². The first-order chi connectivity index (χ1) is 12.5. The summed E-state index contributed by atoms with van der Waals surface area (Å²) >= 11 is 6.08. The number of halogens is 1. The smallest absolute Gasteiger partial charge is 0.240 e. The van der Waals surface area contributed by atoms with Crippen LogP contribution in [0.15, 0.2) is 18.2 Å². The number of hydrogen-bond donors (Lipinski definition) is 2. The maximum absolute atomic E-state index is 12.6. The van der Waals surface area contributed by atoms with E-state index < -0.39 is 5.41 Å². The van der Waals surface area contributed by atoms with Crippen LogP contribution < -0.4 is 15.4 Å². The summed E-state index contributed by atoms with van der Waals surface area (Å²) < 4.78 is 10.4. The van der Waals surface area contributed by atoms with E-state index in [0.717, 1.165) is 32.8 Å². The molecule has 2 fully saturated rings. The maximum Gasteiger partial charge on any atom is 0.240 e. The summed E-state index contributed by atoms with van der Waals surface area (Å²) in [6.07, 6.45) is 1.12. The van der Waals surface area contributed by atoms with Gasteiger partial charge in [-0.2, -0.15) is 0 Å². The van der Waals surface area contributed by atoms with E-state index >= 15 is 0 Å². The second-order valence-corrected chi connectivity index (χ2v) is 7.00. The molecule has 0 unspecified atom stereocenters. The van der Waals surface area contributed by atoms with Crippen molar-refractivity contribution in [3.05, 3.63) is 23.2 Å². The SMILES string of the molecule is COc1ccc(NC(=O)C2(C(=O)NCCN3CCOCC3)CC2)cc1Cl. The average molecular weight is 382 g/mol. The molecule has 1 heterocycles. The third-order valence-corrected chi connectivity index (χ3v) is 5.14. The van der Waals surface area contributed by atoms with Crippen LogP contribution in [0.4, 0.5) is 5.69 Å². The molecule has 1 aromatic carbocycles. The van der Waals surface area contributed by atoms with Crippen molar-refractivity contribution >= 4 is 29.1 Å². The van der Waals surface area contributed by atoms with Crippen LogP contribution >= 0.6 is 11.6 Å². The summed E-state index contributed by atoms with van der Waals surface area (Å²) in [5.74, 6) is 0.0390. The highest BCUT2D eigenvalue weighted by atomic mass is 35.5. The predicted octanol–water partition coefficient (Wildman–Crippen LogP) is 1.52. The fourth-order valence-electron chi connectivity index (χ4n) is 3.00. The Morgan fingerprint density at radius 1 is 1.27 bits per heavy atom. The summed E-state index contributed by atoms with van der Waals surface area (Å²) in [5.41, 5.74) is -0.412. The number of rotatable bonds is 7. The molecule has 0 atom stereocenters. The van der Waals surface area contributed by atoms with Crippen LogP contribution in [0.3, 0.4) is 0 Å². The summed E-state index contributed by atoms with van der Waals surface area (Å²) in [6, 6.07) is 5.00. The van der Waals surface area contributed by atoms with Gasteiger partial charge in [-0.1, -0.05) is 11.6 Å². The van der Waals surface area contributed by atoms with E-state index in [1.807, 2.05) is 0 Å². The van der Waals surface area contributed by atoms with Crippen LogP contribution in [-0.4, -0.2) is 63.2 Å². The van der Waals surface area contributed by atoms with Crippen molar-refractivity contribution < 1.29 is 19.1 Å². The first-order valence-electron chi connectivity index (χ1n) is 8.78. The minimum absolute atomic E-state index is 0.206. The summed E-state index contributed by atoms with van der Waals surface area (Å²) in [5, 5.41) is 6.10.